The van der Waals surface area contributed by atoms with Gasteiger partial charge in [-0.2, -0.15) is 0 Å². The predicted molar refractivity (Wildman–Crippen MR) is 135 cm³/mol. The Labute approximate surface area is 222 Å². The van der Waals surface area contributed by atoms with Crippen LogP contribution in [-0.2, 0) is 23.7 Å². The van der Waals surface area contributed by atoms with Gasteiger partial charge >= 0.3 is 24.4 Å². The van der Waals surface area contributed by atoms with Crippen molar-refractivity contribution in [2.75, 3.05) is 26.4 Å². The summed E-state index contributed by atoms with van der Waals surface area (Å²) in [6.07, 6.45) is -0.990. The molecular weight excluding hydrogens is 502 g/mol. The van der Waals surface area contributed by atoms with Gasteiger partial charge in [0.2, 0.25) is 0 Å². The maximum atomic E-state index is 12.1. The molecule has 0 saturated carbocycles. The van der Waals surface area contributed by atoms with Gasteiger partial charge in [0.25, 0.3) is 0 Å². The third kappa shape index (κ3) is 11.2. The van der Waals surface area contributed by atoms with E-state index in [4.69, 9.17) is 34.2 Å². The van der Waals surface area contributed by atoms with Gasteiger partial charge in [0.15, 0.2) is 11.5 Å². The first-order valence-electron chi connectivity index (χ1n) is 12.6. The van der Waals surface area contributed by atoms with Gasteiger partial charge in [-0.1, -0.05) is 47.1 Å². The van der Waals surface area contributed by atoms with Crippen LogP contribution in [0.5, 0.6) is 11.5 Å². The predicted octanol–water partition coefficient (Wildman–Crippen LogP) is 4.87. The van der Waals surface area contributed by atoms with Gasteiger partial charge in [-0.3, -0.25) is 4.79 Å². The molecule has 1 aromatic carbocycles. The number of carbonyl (C=O) groups is 4. The Kier molecular flexibility index (Phi) is 14.6. The van der Waals surface area contributed by atoms with Crippen molar-refractivity contribution in [2.24, 2.45) is 17.6 Å². The number of aliphatic carboxylic acids is 1. The zero-order chi connectivity index (χ0) is 28.7. The average Bonchev–Trinajstić information content (AvgIpc) is 2.89. The Balaban J connectivity index is 3.22. The van der Waals surface area contributed by atoms with Crippen LogP contribution in [0.25, 0.3) is 0 Å². The van der Waals surface area contributed by atoms with E-state index in [1.54, 1.807) is 13.8 Å². The van der Waals surface area contributed by atoms with E-state index in [9.17, 15) is 24.3 Å². The molecule has 12 heteroatoms. The smallest absolute Gasteiger partial charge is 0.480 e. The number of carboxylic acids is 1. The number of nitrogens with two attached hydrogens (primary N) is 1. The fourth-order valence-electron chi connectivity index (χ4n) is 3.22. The summed E-state index contributed by atoms with van der Waals surface area (Å²) in [5.41, 5.74) is 6.33. The Bertz CT molecular complexity index is 920. The Morgan fingerprint density at radius 3 is 1.89 bits per heavy atom. The first-order valence-corrected chi connectivity index (χ1v) is 12.6. The third-order valence-corrected chi connectivity index (χ3v) is 5.52. The molecule has 4 atom stereocenters. The molecule has 0 aliphatic rings. The van der Waals surface area contributed by atoms with Crippen molar-refractivity contribution in [3.05, 3.63) is 23.8 Å². The summed E-state index contributed by atoms with van der Waals surface area (Å²) in [4.78, 5) is 47.9. The summed E-state index contributed by atoms with van der Waals surface area (Å²) in [5.74, 6) is -2.99. The van der Waals surface area contributed by atoms with Crippen molar-refractivity contribution in [1.82, 2.24) is 0 Å². The summed E-state index contributed by atoms with van der Waals surface area (Å²) in [6.45, 7) is 9.37. The third-order valence-electron chi connectivity index (χ3n) is 5.52. The average molecular weight is 542 g/mol. The van der Waals surface area contributed by atoms with Gasteiger partial charge in [-0.25, -0.2) is 14.4 Å². The number of rotatable bonds is 15. The largest absolute Gasteiger partial charge is 0.513 e. The number of benzene rings is 1. The lowest BCUT2D eigenvalue weighted by Crippen LogP contribution is -2.40. The molecule has 1 rings (SSSR count). The van der Waals surface area contributed by atoms with Gasteiger partial charge in [0.05, 0.1) is 26.4 Å². The van der Waals surface area contributed by atoms with Crippen LogP contribution in [0.1, 0.15) is 65.4 Å². The van der Waals surface area contributed by atoms with Gasteiger partial charge in [-0.05, 0) is 42.4 Å². The van der Waals surface area contributed by atoms with Crippen LogP contribution in [-0.4, -0.2) is 62.0 Å². The van der Waals surface area contributed by atoms with E-state index in [2.05, 4.69) is 0 Å². The molecule has 1 aromatic rings. The fraction of sp³-hybridized carbons (Fsp3) is 0.615. The molecule has 38 heavy (non-hydrogen) atoms. The standard InChI is InChI=1S/C26H39NO11/c1-6-11-33-25(31)37-19-10-9-18(13-20(19)38-26(32)34-12-7-2)21(22(27)23(28)29)17(5)15-36-24(30)35-14-16(4)8-3/h9-10,13,16-17,21-22H,6-8,11-12,14-15,27H2,1-5H3,(H,28,29)/t16?,17?,21?,22-/m0/s1. The second-order valence-electron chi connectivity index (χ2n) is 8.86. The molecule has 12 nitrogen and oxygen atoms in total. The molecule has 0 aromatic heterocycles. The zero-order valence-corrected chi connectivity index (χ0v) is 22.6. The van der Waals surface area contributed by atoms with Crippen molar-refractivity contribution in [3.8, 4) is 11.5 Å². The molecule has 0 aliphatic heterocycles. The molecule has 3 N–H and O–H groups in total. The number of ether oxygens (including phenoxy) is 6. The Hall–Kier alpha value is -3.54. The summed E-state index contributed by atoms with van der Waals surface area (Å²) < 4.78 is 30.5. The summed E-state index contributed by atoms with van der Waals surface area (Å²) in [7, 11) is 0. The van der Waals surface area contributed by atoms with Crippen LogP contribution >= 0.6 is 0 Å². The summed E-state index contributed by atoms with van der Waals surface area (Å²) in [6, 6.07) is 2.70. The minimum absolute atomic E-state index is 0.0985. The van der Waals surface area contributed by atoms with E-state index in [-0.39, 0.29) is 43.8 Å². The van der Waals surface area contributed by atoms with Gasteiger partial charge in [0, 0.05) is 5.92 Å². The van der Waals surface area contributed by atoms with Crippen molar-refractivity contribution < 1.29 is 52.7 Å². The molecule has 0 radical (unpaired) electrons. The normalized spacial score (nSPS) is 13.8. The van der Waals surface area contributed by atoms with E-state index in [0.29, 0.717) is 18.4 Å². The molecule has 3 unspecified atom stereocenters. The fourth-order valence-corrected chi connectivity index (χ4v) is 3.22. The summed E-state index contributed by atoms with van der Waals surface area (Å²) >= 11 is 0. The topological polar surface area (TPSA) is 170 Å². The molecule has 0 aliphatic carbocycles. The highest BCUT2D eigenvalue weighted by Crippen LogP contribution is 2.36. The molecule has 214 valence electrons. The highest BCUT2D eigenvalue weighted by Gasteiger charge is 2.33. The molecule has 0 bridgehead atoms. The number of carboxylic acid groups (broad SMARTS) is 1. The minimum atomic E-state index is -1.41. The van der Waals surface area contributed by atoms with Crippen molar-refractivity contribution in [3.63, 3.8) is 0 Å². The monoisotopic (exact) mass is 541 g/mol. The highest BCUT2D eigenvalue weighted by molar-refractivity contribution is 5.75. The van der Waals surface area contributed by atoms with Gasteiger partial charge in [-0.15, -0.1) is 0 Å². The quantitative estimate of drug-likeness (QED) is 0.176. The second kappa shape index (κ2) is 17.1. The SMILES string of the molecule is CCCOC(=O)Oc1ccc(C(C(C)COC(=O)OCC(C)CC)[C@H](N)C(=O)O)cc1OC(=O)OCCC. The van der Waals surface area contributed by atoms with Crippen LogP contribution in [0.3, 0.4) is 0 Å². The van der Waals surface area contributed by atoms with Crippen molar-refractivity contribution in [1.29, 1.82) is 0 Å². The Morgan fingerprint density at radius 2 is 1.37 bits per heavy atom. The van der Waals surface area contributed by atoms with Crippen LogP contribution in [0.15, 0.2) is 18.2 Å². The van der Waals surface area contributed by atoms with Gasteiger partial charge < -0.3 is 39.3 Å². The Morgan fingerprint density at radius 1 is 0.816 bits per heavy atom. The van der Waals surface area contributed by atoms with E-state index < -0.39 is 42.3 Å². The van der Waals surface area contributed by atoms with Crippen LogP contribution in [0.2, 0.25) is 0 Å². The molecule has 0 spiro atoms. The summed E-state index contributed by atoms with van der Waals surface area (Å²) in [5, 5.41) is 9.63. The maximum absolute atomic E-state index is 12.1. The van der Waals surface area contributed by atoms with Crippen molar-refractivity contribution in [2.45, 2.75) is 65.8 Å². The number of hydrogen-bond donors (Lipinski definition) is 2. The van der Waals surface area contributed by atoms with E-state index in [0.717, 1.165) is 6.42 Å². The van der Waals surface area contributed by atoms with Crippen LogP contribution < -0.4 is 15.2 Å². The first-order chi connectivity index (χ1) is 18.0. The van der Waals surface area contributed by atoms with E-state index in [1.807, 2.05) is 20.8 Å². The van der Waals surface area contributed by atoms with Crippen LogP contribution in [0.4, 0.5) is 14.4 Å². The van der Waals surface area contributed by atoms with E-state index >= 15 is 0 Å². The lowest BCUT2D eigenvalue weighted by molar-refractivity contribution is -0.139. The molecule has 0 heterocycles. The van der Waals surface area contributed by atoms with Crippen LogP contribution in [0, 0.1) is 11.8 Å². The lowest BCUT2D eigenvalue weighted by Gasteiger charge is -2.28. The molecule has 0 amide bonds. The highest BCUT2D eigenvalue weighted by atomic mass is 16.7. The molecular formula is C26H39NO11. The van der Waals surface area contributed by atoms with E-state index in [1.165, 1.54) is 18.2 Å². The van der Waals surface area contributed by atoms with Crippen molar-refractivity contribution >= 4 is 24.4 Å². The maximum Gasteiger partial charge on any atom is 0.513 e. The minimum Gasteiger partial charge on any atom is -0.480 e. The number of hydrogen-bond acceptors (Lipinski definition) is 11. The first kappa shape index (κ1) is 32.5. The molecule has 0 fully saturated rings. The van der Waals surface area contributed by atoms with Gasteiger partial charge in [0.1, 0.15) is 6.04 Å². The second-order valence-corrected chi connectivity index (χ2v) is 8.86. The number of carbonyl (C=O) groups excluding carboxylic acids is 3. The zero-order valence-electron chi connectivity index (χ0n) is 22.6. The lowest BCUT2D eigenvalue weighted by atomic mass is 9.82. The molecule has 0 saturated heterocycles.